The number of hydrogen-bond donors (Lipinski definition) is 0. The second-order valence-electron chi connectivity index (χ2n) is 2.04. The Morgan fingerprint density at radius 3 is 3.00 bits per heavy atom. The van der Waals surface area contributed by atoms with Crippen LogP contribution in [-0.4, -0.2) is 5.97 Å². The van der Waals surface area contributed by atoms with E-state index in [4.69, 9.17) is 4.74 Å². The Morgan fingerprint density at radius 1 is 1.82 bits per heavy atom. The van der Waals surface area contributed by atoms with Crippen LogP contribution in [0.5, 0.6) is 0 Å². The molecule has 60 valence electrons. The van der Waals surface area contributed by atoms with Gasteiger partial charge in [0.1, 0.15) is 6.61 Å². The first-order valence-electron chi connectivity index (χ1n) is 3.05. The summed E-state index contributed by atoms with van der Waals surface area (Å²) in [5.41, 5.74) is 1.03. The van der Waals surface area contributed by atoms with Crippen LogP contribution in [0.3, 0.4) is 0 Å². The molecule has 1 aromatic rings. The molecule has 0 bridgehead atoms. The maximum atomic E-state index is 10.4. The Morgan fingerprint density at radius 2 is 2.55 bits per heavy atom. The Labute approximate surface area is 77.3 Å². The lowest BCUT2D eigenvalue weighted by Crippen LogP contribution is -1.97. The fraction of sp³-hybridized carbons (Fsp3) is 0.286. The summed E-state index contributed by atoms with van der Waals surface area (Å²) in [7, 11) is 0. The number of halogens is 1. The highest BCUT2D eigenvalue weighted by Crippen LogP contribution is 2.20. The lowest BCUT2D eigenvalue weighted by molar-refractivity contribution is -0.142. The Bertz CT molecular complexity index is 257. The molecular weight excluding hydrogens is 228 g/mol. The van der Waals surface area contributed by atoms with Crippen molar-refractivity contribution in [2.45, 2.75) is 13.5 Å². The Balaban J connectivity index is 2.45. The molecule has 0 aromatic carbocycles. The van der Waals surface area contributed by atoms with Gasteiger partial charge in [-0.25, -0.2) is 0 Å². The van der Waals surface area contributed by atoms with Crippen LogP contribution in [0.4, 0.5) is 0 Å². The SMILES string of the molecule is CC(=O)OCc1csc(Br)c1. The van der Waals surface area contributed by atoms with Crippen LogP contribution in [0.2, 0.25) is 0 Å². The van der Waals surface area contributed by atoms with E-state index in [0.29, 0.717) is 6.61 Å². The molecule has 1 heterocycles. The highest BCUT2D eigenvalue weighted by atomic mass is 79.9. The van der Waals surface area contributed by atoms with Gasteiger partial charge in [-0.15, -0.1) is 11.3 Å². The Kier molecular flexibility index (Phi) is 3.08. The van der Waals surface area contributed by atoms with Gasteiger partial charge in [0.15, 0.2) is 0 Å². The molecule has 0 saturated carbocycles. The van der Waals surface area contributed by atoms with Crippen LogP contribution in [-0.2, 0) is 16.1 Å². The van der Waals surface area contributed by atoms with Gasteiger partial charge in [0, 0.05) is 12.5 Å². The smallest absolute Gasteiger partial charge is 0.302 e. The molecule has 1 aromatic heterocycles. The van der Waals surface area contributed by atoms with Gasteiger partial charge < -0.3 is 4.74 Å². The molecule has 2 nitrogen and oxygen atoms in total. The highest BCUT2D eigenvalue weighted by Gasteiger charge is 1.98. The molecule has 0 aliphatic heterocycles. The lowest BCUT2D eigenvalue weighted by Gasteiger charge is -1.96. The largest absolute Gasteiger partial charge is 0.461 e. The number of rotatable bonds is 2. The molecule has 0 radical (unpaired) electrons. The Hall–Kier alpha value is -0.350. The van der Waals surface area contributed by atoms with Crippen LogP contribution in [0.25, 0.3) is 0 Å². The number of thiophene rings is 1. The van der Waals surface area contributed by atoms with E-state index in [0.717, 1.165) is 9.35 Å². The van der Waals surface area contributed by atoms with E-state index in [9.17, 15) is 4.79 Å². The first-order chi connectivity index (χ1) is 5.18. The van der Waals surface area contributed by atoms with Gasteiger partial charge in [-0.2, -0.15) is 0 Å². The van der Waals surface area contributed by atoms with Crippen molar-refractivity contribution in [3.8, 4) is 0 Å². The zero-order chi connectivity index (χ0) is 8.27. The van der Waals surface area contributed by atoms with E-state index in [2.05, 4.69) is 15.9 Å². The normalized spacial score (nSPS) is 9.64. The monoisotopic (exact) mass is 234 g/mol. The van der Waals surface area contributed by atoms with E-state index in [1.165, 1.54) is 6.92 Å². The summed E-state index contributed by atoms with van der Waals surface area (Å²) in [6.07, 6.45) is 0. The molecule has 4 heteroatoms. The molecule has 0 aliphatic carbocycles. The average Bonchev–Trinajstić information content (AvgIpc) is 2.31. The fourth-order valence-corrected chi connectivity index (χ4v) is 1.80. The van der Waals surface area contributed by atoms with Crippen molar-refractivity contribution in [1.29, 1.82) is 0 Å². The van der Waals surface area contributed by atoms with Crippen molar-refractivity contribution in [3.05, 3.63) is 20.8 Å². The van der Waals surface area contributed by atoms with Gasteiger partial charge in [-0.1, -0.05) is 0 Å². The summed E-state index contributed by atoms with van der Waals surface area (Å²) in [4.78, 5) is 10.4. The van der Waals surface area contributed by atoms with Crippen molar-refractivity contribution in [1.82, 2.24) is 0 Å². The number of esters is 1. The number of hydrogen-bond acceptors (Lipinski definition) is 3. The van der Waals surface area contributed by atoms with E-state index < -0.39 is 0 Å². The van der Waals surface area contributed by atoms with Gasteiger partial charge in [0.05, 0.1) is 3.79 Å². The highest BCUT2D eigenvalue weighted by molar-refractivity contribution is 9.11. The molecule has 11 heavy (non-hydrogen) atoms. The predicted octanol–water partition coefficient (Wildman–Crippen LogP) is 2.57. The molecule has 0 atom stereocenters. The maximum absolute atomic E-state index is 10.4. The van der Waals surface area contributed by atoms with Gasteiger partial charge in [-0.3, -0.25) is 4.79 Å². The van der Waals surface area contributed by atoms with Crippen LogP contribution in [0.15, 0.2) is 15.2 Å². The van der Waals surface area contributed by atoms with E-state index in [1.54, 1.807) is 11.3 Å². The number of carbonyl (C=O) groups is 1. The quantitative estimate of drug-likeness (QED) is 0.736. The van der Waals surface area contributed by atoms with Gasteiger partial charge in [0.25, 0.3) is 0 Å². The molecule has 0 amide bonds. The topological polar surface area (TPSA) is 26.3 Å². The maximum Gasteiger partial charge on any atom is 0.302 e. The summed E-state index contributed by atoms with van der Waals surface area (Å²) in [6.45, 7) is 1.78. The van der Waals surface area contributed by atoms with Crippen molar-refractivity contribution in [2.75, 3.05) is 0 Å². The van der Waals surface area contributed by atoms with Crippen molar-refractivity contribution >= 4 is 33.2 Å². The third kappa shape index (κ3) is 3.03. The zero-order valence-electron chi connectivity index (χ0n) is 5.96. The van der Waals surface area contributed by atoms with E-state index in [1.807, 2.05) is 11.4 Å². The summed E-state index contributed by atoms with van der Waals surface area (Å²) in [5.74, 6) is -0.243. The predicted molar refractivity (Wildman–Crippen MR) is 47.5 cm³/mol. The third-order valence-corrected chi connectivity index (χ3v) is 2.62. The van der Waals surface area contributed by atoms with Gasteiger partial charge >= 0.3 is 5.97 Å². The fourth-order valence-electron chi connectivity index (χ4n) is 0.606. The van der Waals surface area contributed by atoms with E-state index in [-0.39, 0.29) is 5.97 Å². The summed E-state index contributed by atoms with van der Waals surface area (Å²) >= 11 is 4.90. The lowest BCUT2D eigenvalue weighted by atomic mass is 10.4. The van der Waals surface area contributed by atoms with Crippen LogP contribution in [0.1, 0.15) is 12.5 Å². The minimum absolute atomic E-state index is 0.243. The van der Waals surface area contributed by atoms with Crippen molar-refractivity contribution < 1.29 is 9.53 Å². The summed E-state index contributed by atoms with van der Waals surface area (Å²) in [6, 6.07) is 1.94. The molecule has 1 rings (SSSR count). The first kappa shape index (κ1) is 8.74. The van der Waals surface area contributed by atoms with Gasteiger partial charge in [-0.05, 0) is 27.4 Å². The summed E-state index contributed by atoms with van der Waals surface area (Å²) in [5, 5.41) is 1.95. The zero-order valence-corrected chi connectivity index (χ0v) is 8.37. The molecule has 0 saturated heterocycles. The molecule has 0 N–H and O–H groups in total. The molecule has 0 unspecified atom stereocenters. The third-order valence-electron chi connectivity index (χ3n) is 1.06. The minimum atomic E-state index is -0.243. The van der Waals surface area contributed by atoms with Crippen molar-refractivity contribution in [2.24, 2.45) is 0 Å². The summed E-state index contributed by atoms with van der Waals surface area (Å²) < 4.78 is 5.84. The standard InChI is InChI=1S/C7H7BrO2S/c1-5(9)10-3-6-2-7(8)11-4-6/h2,4H,3H2,1H3. The van der Waals surface area contributed by atoms with E-state index >= 15 is 0 Å². The number of ether oxygens (including phenoxy) is 1. The first-order valence-corrected chi connectivity index (χ1v) is 4.72. The molecule has 0 spiro atoms. The minimum Gasteiger partial charge on any atom is -0.461 e. The van der Waals surface area contributed by atoms with Gasteiger partial charge in [0.2, 0.25) is 0 Å². The molecular formula is C7H7BrO2S. The number of carbonyl (C=O) groups excluding carboxylic acids is 1. The van der Waals surface area contributed by atoms with Crippen LogP contribution in [0, 0.1) is 0 Å². The second-order valence-corrected chi connectivity index (χ2v) is 4.33. The second kappa shape index (κ2) is 3.88. The van der Waals surface area contributed by atoms with Crippen LogP contribution >= 0.6 is 27.3 Å². The molecule has 0 fully saturated rings. The average molecular weight is 235 g/mol. The van der Waals surface area contributed by atoms with Crippen LogP contribution < -0.4 is 0 Å². The van der Waals surface area contributed by atoms with Crippen molar-refractivity contribution in [3.63, 3.8) is 0 Å². The molecule has 0 aliphatic rings.